The Kier molecular flexibility index (Phi) is 3.48. The van der Waals surface area contributed by atoms with Gasteiger partial charge < -0.3 is 5.32 Å². The highest BCUT2D eigenvalue weighted by Crippen LogP contribution is 2.36. The molecule has 0 fully saturated rings. The van der Waals surface area contributed by atoms with Crippen molar-refractivity contribution in [2.75, 3.05) is 11.9 Å². The van der Waals surface area contributed by atoms with Gasteiger partial charge in [-0.1, -0.05) is 15.9 Å². The maximum atomic E-state index is 4.95. The van der Waals surface area contributed by atoms with Crippen LogP contribution in [0.5, 0.6) is 0 Å². The molecule has 0 unspecified atom stereocenters. The molecule has 1 aliphatic rings. The molecule has 3 heteroatoms. The van der Waals surface area contributed by atoms with Gasteiger partial charge in [-0.15, -0.1) is 0 Å². The first kappa shape index (κ1) is 12.9. The van der Waals surface area contributed by atoms with Crippen molar-refractivity contribution in [2.24, 2.45) is 0 Å². The molecule has 0 saturated carbocycles. The first-order chi connectivity index (χ1) is 9.22. The van der Waals surface area contributed by atoms with Crippen LogP contribution in [0.1, 0.15) is 36.6 Å². The Morgan fingerprint density at radius 2 is 2.05 bits per heavy atom. The maximum Gasteiger partial charge on any atom is 0.0766 e. The predicted molar refractivity (Wildman–Crippen MR) is 85.0 cm³/mol. The zero-order valence-electron chi connectivity index (χ0n) is 11.5. The molecule has 1 aromatic carbocycles. The fraction of sp³-hybridized carbons (Fsp3) is 0.438. The monoisotopic (exact) mass is 318 g/mol. The number of rotatable bonds is 2. The molecule has 1 aromatic heterocycles. The second-order valence-corrected chi connectivity index (χ2v) is 6.07. The van der Waals surface area contributed by atoms with Gasteiger partial charge in [0.1, 0.15) is 0 Å². The van der Waals surface area contributed by atoms with Crippen LogP contribution in [0.3, 0.4) is 0 Å². The van der Waals surface area contributed by atoms with Crippen molar-refractivity contribution in [3.63, 3.8) is 0 Å². The quantitative estimate of drug-likeness (QED) is 0.874. The first-order valence-electron chi connectivity index (χ1n) is 7.06. The summed E-state index contributed by atoms with van der Waals surface area (Å²) >= 11 is 3.62. The van der Waals surface area contributed by atoms with Crippen molar-refractivity contribution < 1.29 is 0 Å². The van der Waals surface area contributed by atoms with E-state index < -0.39 is 0 Å². The fourth-order valence-corrected chi connectivity index (χ4v) is 3.30. The predicted octanol–water partition coefficient (Wildman–Crippen LogP) is 4.62. The lowest BCUT2D eigenvalue weighted by Crippen LogP contribution is -2.11. The highest BCUT2D eigenvalue weighted by molar-refractivity contribution is 9.10. The average Bonchev–Trinajstić information content (AvgIpc) is 2.43. The number of fused-ring (bicyclic) bond motifs is 2. The number of nitrogens with zero attached hydrogens (tertiary/aromatic N) is 1. The van der Waals surface area contributed by atoms with Gasteiger partial charge in [0.05, 0.1) is 5.52 Å². The topological polar surface area (TPSA) is 24.9 Å². The Balaban J connectivity index is 2.35. The molecular weight excluding hydrogens is 300 g/mol. The van der Waals surface area contributed by atoms with Crippen molar-refractivity contribution in [3.8, 4) is 0 Å². The molecule has 0 amide bonds. The number of aryl methyl sites for hydroxylation is 2. The van der Waals surface area contributed by atoms with Crippen molar-refractivity contribution in [1.29, 1.82) is 0 Å². The molecule has 3 rings (SSSR count). The molecule has 0 bridgehead atoms. The van der Waals surface area contributed by atoms with E-state index in [4.69, 9.17) is 4.98 Å². The van der Waals surface area contributed by atoms with Gasteiger partial charge in [0.15, 0.2) is 0 Å². The average molecular weight is 319 g/mol. The fourth-order valence-electron chi connectivity index (χ4n) is 2.98. The number of hydrogen-bond donors (Lipinski definition) is 1. The number of hydrogen-bond acceptors (Lipinski definition) is 2. The van der Waals surface area contributed by atoms with E-state index in [9.17, 15) is 0 Å². The summed E-state index contributed by atoms with van der Waals surface area (Å²) in [6, 6.07) is 4.32. The third-order valence-electron chi connectivity index (χ3n) is 3.98. The summed E-state index contributed by atoms with van der Waals surface area (Å²) in [6.07, 6.45) is 4.84. The summed E-state index contributed by atoms with van der Waals surface area (Å²) < 4.78 is 1.14. The van der Waals surface area contributed by atoms with Crippen LogP contribution in [-0.4, -0.2) is 11.5 Å². The smallest absolute Gasteiger partial charge is 0.0766 e. The first-order valence-corrected chi connectivity index (χ1v) is 7.86. The summed E-state index contributed by atoms with van der Waals surface area (Å²) in [6.45, 7) is 5.26. The second-order valence-electron chi connectivity index (χ2n) is 5.22. The van der Waals surface area contributed by atoms with Crippen LogP contribution >= 0.6 is 15.9 Å². The van der Waals surface area contributed by atoms with E-state index in [1.807, 2.05) is 0 Å². The summed E-state index contributed by atoms with van der Waals surface area (Å²) in [5.74, 6) is 0. The standard InChI is InChI=1S/C16H19BrN2/c1-3-18-16-11-6-4-5-7-14(11)19-15-10(2)13(17)9-8-12(15)16/h8-9H,3-7H2,1-2H3,(H,18,19). The summed E-state index contributed by atoms with van der Waals surface area (Å²) in [4.78, 5) is 4.95. The Morgan fingerprint density at radius 1 is 1.26 bits per heavy atom. The van der Waals surface area contributed by atoms with Gasteiger partial charge >= 0.3 is 0 Å². The molecule has 0 saturated heterocycles. The molecule has 19 heavy (non-hydrogen) atoms. The van der Waals surface area contributed by atoms with E-state index in [1.165, 1.54) is 40.7 Å². The molecular formula is C16H19BrN2. The number of halogens is 1. The highest BCUT2D eigenvalue weighted by atomic mass is 79.9. The minimum atomic E-state index is 0.959. The Hall–Kier alpha value is -1.09. The van der Waals surface area contributed by atoms with Crippen LogP contribution in [-0.2, 0) is 12.8 Å². The van der Waals surface area contributed by atoms with E-state index in [0.29, 0.717) is 0 Å². The molecule has 1 heterocycles. The molecule has 0 aliphatic heterocycles. The largest absolute Gasteiger partial charge is 0.384 e. The van der Waals surface area contributed by atoms with Crippen LogP contribution in [0.25, 0.3) is 10.9 Å². The van der Waals surface area contributed by atoms with Gasteiger partial charge in [-0.05, 0) is 62.8 Å². The number of pyridine rings is 1. The SMILES string of the molecule is CCNc1c2c(nc3c(C)c(Br)ccc13)CCCC2. The normalized spacial score (nSPS) is 14.5. The maximum absolute atomic E-state index is 4.95. The molecule has 0 spiro atoms. The van der Waals surface area contributed by atoms with Crippen molar-refractivity contribution in [3.05, 3.63) is 33.4 Å². The minimum absolute atomic E-state index is 0.959. The molecule has 2 aromatic rings. The van der Waals surface area contributed by atoms with Gasteiger partial charge in [-0.25, -0.2) is 0 Å². The van der Waals surface area contributed by atoms with Gasteiger partial charge in [-0.3, -0.25) is 4.98 Å². The third kappa shape index (κ3) is 2.14. The van der Waals surface area contributed by atoms with Gasteiger partial charge in [0.2, 0.25) is 0 Å². The third-order valence-corrected chi connectivity index (χ3v) is 4.83. The highest BCUT2D eigenvalue weighted by Gasteiger charge is 2.18. The van der Waals surface area contributed by atoms with Crippen molar-refractivity contribution in [1.82, 2.24) is 4.98 Å². The van der Waals surface area contributed by atoms with E-state index in [-0.39, 0.29) is 0 Å². The van der Waals surface area contributed by atoms with Crippen LogP contribution < -0.4 is 5.32 Å². The van der Waals surface area contributed by atoms with Crippen LogP contribution in [0.15, 0.2) is 16.6 Å². The van der Waals surface area contributed by atoms with Crippen LogP contribution in [0.2, 0.25) is 0 Å². The zero-order valence-corrected chi connectivity index (χ0v) is 13.1. The van der Waals surface area contributed by atoms with E-state index >= 15 is 0 Å². The Labute approximate surface area is 122 Å². The molecule has 1 aliphatic carbocycles. The molecule has 0 atom stereocenters. The molecule has 1 N–H and O–H groups in total. The lowest BCUT2D eigenvalue weighted by atomic mass is 9.92. The molecule has 100 valence electrons. The van der Waals surface area contributed by atoms with E-state index in [0.717, 1.165) is 29.4 Å². The van der Waals surface area contributed by atoms with E-state index in [2.05, 4.69) is 47.2 Å². The number of nitrogens with one attached hydrogen (secondary N) is 1. The van der Waals surface area contributed by atoms with Crippen molar-refractivity contribution >= 4 is 32.5 Å². The number of anilines is 1. The summed E-state index contributed by atoms with van der Waals surface area (Å²) in [7, 11) is 0. The zero-order chi connectivity index (χ0) is 13.4. The van der Waals surface area contributed by atoms with Gasteiger partial charge in [0, 0.05) is 27.8 Å². The lowest BCUT2D eigenvalue weighted by molar-refractivity contribution is 0.672. The number of aromatic nitrogens is 1. The molecule has 0 radical (unpaired) electrons. The Bertz CT molecular complexity index is 634. The summed E-state index contributed by atoms with van der Waals surface area (Å²) in [5, 5.41) is 4.84. The van der Waals surface area contributed by atoms with Crippen LogP contribution in [0.4, 0.5) is 5.69 Å². The van der Waals surface area contributed by atoms with E-state index in [1.54, 1.807) is 0 Å². The molecule has 2 nitrogen and oxygen atoms in total. The minimum Gasteiger partial charge on any atom is -0.384 e. The van der Waals surface area contributed by atoms with Crippen molar-refractivity contribution in [2.45, 2.75) is 39.5 Å². The summed E-state index contributed by atoms with van der Waals surface area (Å²) in [5.41, 5.74) is 6.45. The second kappa shape index (κ2) is 5.12. The van der Waals surface area contributed by atoms with Gasteiger partial charge in [-0.2, -0.15) is 0 Å². The lowest BCUT2D eigenvalue weighted by Gasteiger charge is -2.22. The van der Waals surface area contributed by atoms with Gasteiger partial charge in [0.25, 0.3) is 0 Å². The van der Waals surface area contributed by atoms with Crippen LogP contribution in [0, 0.1) is 6.92 Å². The Morgan fingerprint density at radius 3 is 2.84 bits per heavy atom. The number of benzene rings is 1.